The smallest absolute Gasteiger partial charge is 0.410 e. The van der Waals surface area contributed by atoms with Gasteiger partial charge in [0.15, 0.2) is 0 Å². The van der Waals surface area contributed by atoms with E-state index >= 15 is 0 Å². The predicted molar refractivity (Wildman–Crippen MR) is 80.2 cm³/mol. The number of amides is 1. The third-order valence-corrected chi connectivity index (χ3v) is 3.98. The predicted octanol–water partition coefficient (Wildman–Crippen LogP) is 2.76. The summed E-state index contributed by atoms with van der Waals surface area (Å²) in [7, 11) is 0. The molecule has 2 rings (SSSR count). The number of hydrogen-bond donors (Lipinski definition) is 1. The van der Waals surface area contributed by atoms with Crippen LogP contribution < -0.4 is 5.73 Å². The molecule has 7 heteroatoms. The Balaban J connectivity index is 2.17. The van der Waals surface area contributed by atoms with E-state index in [4.69, 9.17) is 15.2 Å². The number of nitrogen functional groups attached to an aromatic ring is 1. The number of esters is 1. The lowest BCUT2D eigenvalue weighted by molar-refractivity contribution is 0.0240. The van der Waals surface area contributed by atoms with Gasteiger partial charge in [-0.25, -0.2) is 9.59 Å². The van der Waals surface area contributed by atoms with Crippen LogP contribution in [0.15, 0.2) is 0 Å². The van der Waals surface area contributed by atoms with Crippen LogP contribution in [0.4, 0.5) is 9.80 Å². The van der Waals surface area contributed by atoms with Crippen molar-refractivity contribution in [2.24, 2.45) is 0 Å². The normalized spacial score (nSPS) is 14.0. The molecule has 21 heavy (non-hydrogen) atoms. The Morgan fingerprint density at radius 3 is 2.57 bits per heavy atom. The maximum Gasteiger partial charge on any atom is 0.410 e. The highest BCUT2D eigenvalue weighted by Crippen LogP contribution is 2.38. The van der Waals surface area contributed by atoms with Crippen molar-refractivity contribution in [1.82, 2.24) is 4.90 Å². The van der Waals surface area contributed by atoms with E-state index in [1.807, 2.05) is 20.8 Å². The topological polar surface area (TPSA) is 81.9 Å². The van der Waals surface area contributed by atoms with Crippen molar-refractivity contribution >= 4 is 28.4 Å². The molecule has 1 aliphatic heterocycles. The summed E-state index contributed by atoms with van der Waals surface area (Å²) in [5.74, 6) is -0.432. The molecule has 116 valence electrons. The van der Waals surface area contributed by atoms with Crippen LogP contribution in [0.3, 0.4) is 0 Å². The Labute approximate surface area is 127 Å². The molecular formula is C14H20N2O4S. The summed E-state index contributed by atoms with van der Waals surface area (Å²) in [5.41, 5.74) is 6.51. The third kappa shape index (κ3) is 3.29. The molecule has 0 aromatic carbocycles. The number of carbonyl (C=O) groups is 2. The molecule has 0 saturated heterocycles. The van der Waals surface area contributed by atoms with Crippen LogP contribution in [-0.4, -0.2) is 29.2 Å². The SMILES string of the molecule is CCOC(=O)c1c(N)sc2c1CN(C(=O)OC(C)(C)C)C2. The van der Waals surface area contributed by atoms with Crippen molar-refractivity contribution in [1.29, 1.82) is 0 Å². The highest BCUT2D eigenvalue weighted by molar-refractivity contribution is 7.16. The van der Waals surface area contributed by atoms with Crippen LogP contribution in [0, 0.1) is 0 Å². The molecule has 1 aliphatic rings. The average molecular weight is 312 g/mol. The van der Waals surface area contributed by atoms with E-state index in [1.54, 1.807) is 11.8 Å². The van der Waals surface area contributed by atoms with Crippen molar-refractivity contribution in [3.63, 3.8) is 0 Å². The van der Waals surface area contributed by atoms with Gasteiger partial charge in [0.2, 0.25) is 0 Å². The van der Waals surface area contributed by atoms with E-state index in [0.717, 1.165) is 10.4 Å². The summed E-state index contributed by atoms with van der Waals surface area (Å²) in [6.07, 6.45) is -0.390. The molecule has 0 spiro atoms. The minimum atomic E-state index is -0.546. The Kier molecular flexibility index (Phi) is 4.13. The van der Waals surface area contributed by atoms with Gasteiger partial charge in [-0.1, -0.05) is 0 Å². The lowest BCUT2D eigenvalue weighted by atomic mass is 10.1. The zero-order chi connectivity index (χ0) is 15.8. The first-order valence-electron chi connectivity index (χ1n) is 6.78. The molecule has 1 amide bonds. The number of carbonyl (C=O) groups excluding carboxylic acids is 2. The number of hydrogen-bond acceptors (Lipinski definition) is 6. The molecule has 0 aliphatic carbocycles. The molecule has 2 N–H and O–H groups in total. The van der Waals surface area contributed by atoms with Gasteiger partial charge < -0.3 is 15.2 Å². The highest BCUT2D eigenvalue weighted by atomic mass is 32.1. The van der Waals surface area contributed by atoms with Gasteiger partial charge in [-0.15, -0.1) is 11.3 Å². The summed E-state index contributed by atoms with van der Waals surface area (Å²) in [6.45, 7) is 8.23. The minimum Gasteiger partial charge on any atom is -0.462 e. The fourth-order valence-electron chi connectivity index (χ4n) is 2.13. The molecule has 0 radical (unpaired) electrons. The number of anilines is 1. The quantitative estimate of drug-likeness (QED) is 0.849. The number of ether oxygens (including phenoxy) is 2. The number of nitrogens with two attached hydrogens (primary N) is 1. The first-order valence-corrected chi connectivity index (χ1v) is 7.59. The standard InChI is InChI=1S/C14H20N2O4S/c1-5-19-12(17)10-8-6-16(7-9(8)21-11(10)15)13(18)20-14(2,3)4/h5-7,15H2,1-4H3. The zero-order valence-corrected chi connectivity index (χ0v) is 13.5. The molecule has 0 saturated carbocycles. The number of fused-ring (bicyclic) bond motifs is 1. The van der Waals surface area contributed by atoms with Gasteiger partial charge in [0.1, 0.15) is 10.6 Å². The minimum absolute atomic E-state index is 0.290. The first kappa shape index (κ1) is 15.6. The summed E-state index contributed by atoms with van der Waals surface area (Å²) < 4.78 is 10.4. The van der Waals surface area contributed by atoms with Crippen LogP contribution in [0.2, 0.25) is 0 Å². The van der Waals surface area contributed by atoms with Gasteiger partial charge in [0.25, 0.3) is 0 Å². The molecule has 6 nitrogen and oxygen atoms in total. The van der Waals surface area contributed by atoms with Crippen LogP contribution in [-0.2, 0) is 22.6 Å². The second-order valence-electron chi connectivity index (χ2n) is 5.80. The van der Waals surface area contributed by atoms with E-state index in [9.17, 15) is 9.59 Å². The Morgan fingerprint density at radius 1 is 1.33 bits per heavy atom. The van der Waals surface area contributed by atoms with Crippen molar-refractivity contribution in [3.05, 3.63) is 16.0 Å². The Hall–Kier alpha value is -1.76. The van der Waals surface area contributed by atoms with E-state index in [0.29, 0.717) is 30.3 Å². The molecule has 1 aromatic rings. The van der Waals surface area contributed by atoms with Crippen molar-refractivity contribution in [2.75, 3.05) is 12.3 Å². The lowest BCUT2D eigenvalue weighted by Gasteiger charge is -2.24. The van der Waals surface area contributed by atoms with Crippen LogP contribution >= 0.6 is 11.3 Å². The van der Waals surface area contributed by atoms with Crippen LogP contribution in [0.5, 0.6) is 0 Å². The average Bonchev–Trinajstić information content (AvgIpc) is 2.83. The largest absolute Gasteiger partial charge is 0.462 e. The van der Waals surface area contributed by atoms with Crippen molar-refractivity contribution in [3.8, 4) is 0 Å². The van der Waals surface area contributed by atoms with Gasteiger partial charge in [-0.05, 0) is 27.7 Å². The summed E-state index contributed by atoms with van der Waals surface area (Å²) in [5, 5.41) is 0.447. The van der Waals surface area contributed by atoms with E-state index in [1.165, 1.54) is 11.3 Å². The molecule has 0 bridgehead atoms. The maximum atomic E-state index is 12.1. The summed E-state index contributed by atoms with van der Waals surface area (Å²) in [4.78, 5) is 26.5. The highest BCUT2D eigenvalue weighted by Gasteiger charge is 2.34. The fourth-order valence-corrected chi connectivity index (χ4v) is 3.22. The molecule has 0 atom stereocenters. The number of rotatable bonds is 2. The van der Waals surface area contributed by atoms with Gasteiger partial charge in [0.05, 0.1) is 25.3 Å². The zero-order valence-electron chi connectivity index (χ0n) is 12.7. The summed E-state index contributed by atoms with van der Waals surface area (Å²) >= 11 is 1.32. The Morgan fingerprint density at radius 2 is 2.00 bits per heavy atom. The molecule has 1 aromatic heterocycles. The number of nitrogens with zero attached hydrogens (tertiary/aromatic N) is 1. The monoisotopic (exact) mass is 312 g/mol. The van der Waals surface area contributed by atoms with Gasteiger partial charge in [0, 0.05) is 10.4 Å². The Bertz CT molecular complexity index is 574. The van der Waals surface area contributed by atoms with E-state index in [-0.39, 0.29) is 6.09 Å². The molecular weight excluding hydrogens is 292 g/mol. The maximum absolute atomic E-state index is 12.1. The van der Waals surface area contributed by atoms with Gasteiger partial charge in [-0.2, -0.15) is 0 Å². The molecule has 2 heterocycles. The third-order valence-electron chi connectivity index (χ3n) is 2.93. The van der Waals surface area contributed by atoms with Crippen molar-refractivity contribution < 1.29 is 19.1 Å². The van der Waals surface area contributed by atoms with Crippen LogP contribution in [0.1, 0.15) is 48.5 Å². The van der Waals surface area contributed by atoms with Crippen molar-refractivity contribution in [2.45, 2.75) is 46.4 Å². The summed E-state index contributed by atoms with van der Waals surface area (Å²) in [6, 6.07) is 0. The fraction of sp³-hybridized carbons (Fsp3) is 0.571. The second kappa shape index (κ2) is 5.55. The van der Waals surface area contributed by atoms with Crippen LogP contribution in [0.25, 0.3) is 0 Å². The van der Waals surface area contributed by atoms with Gasteiger partial charge >= 0.3 is 12.1 Å². The second-order valence-corrected chi connectivity index (χ2v) is 6.94. The van der Waals surface area contributed by atoms with E-state index < -0.39 is 11.6 Å². The van der Waals surface area contributed by atoms with Gasteiger partial charge in [-0.3, -0.25) is 4.90 Å². The lowest BCUT2D eigenvalue weighted by Crippen LogP contribution is -2.33. The number of thiophene rings is 1. The molecule has 0 fully saturated rings. The van der Waals surface area contributed by atoms with E-state index in [2.05, 4.69) is 0 Å². The first-order chi connectivity index (χ1) is 9.73. The molecule has 0 unspecified atom stereocenters.